The number of halogens is 1. The molecule has 3 nitrogen and oxygen atoms in total. The Balaban J connectivity index is 2.15. The Hall–Kier alpha value is -0.940. The Morgan fingerprint density at radius 2 is 2.12 bits per heavy atom. The second-order valence-corrected chi connectivity index (χ2v) is 5.68. The van der Waals surface area contributed by atoms with Crippen LogP contribution < -0.4 is 0 Å². The molecule has 88 valence electrons. The summed E-state index contributed by atoms with van der Waals surface area (Å²) in [4.78, 5) is 0. The molecule has 5 heteroatoms. The third kappa shape index (κ3) is 2.80. The minimum Gasteiger partial charge on any atom is -0.267 e. The number of rotatable bonds is 2. The van der Waals surface area contributed by atoms with E-state index in [2.05, 4.69) is 0 Å². The van der Waals surface area contributed by atoms with Crippen LogP contribution in [0.1, 0.15) is 17.5 Å². The van der Waals surface area contributed by atoms with Crippen molar-refractivity contribution in [3.63, 3.8) is 0 Å². The van der Waals surface area contributed by atoms with E-state index in [4.69, 9.17) is 4.18 Å². The van der Waals surface area contributed by atoms with Crippen LogP contribution in [0.25, 0.3) is 0 Å². The number of benzene rings is 1. The molecule has 1 aromatic rings. The van der Waals surface area contributed by atoms with Crippen LogP contribution in [-0.2, 0) is 27.1 Å². The molecule has 0 fully saturated rings. The van der Waals surface area contributed by atoms with Gasteiger partial charge in [-0.25, -0.2) is 4.39 Å². The summed E-state index contributed by atoms with van der Waals surface area (Å²) >= 11 is 0. The summed E-state index contributed by atoms with van der Waals surface area (Å²) in [6, 6.07) is 4.59. The van der Waals surface area contributed by atoms with Crippen LogP contribution in [0.15, 0.2) is 18.2 Å². The molecule has 0 saturated carbocycles. The maximum Gasteiger partial charge on any atom is 0.264 e. The number of hydrogen-bond acceptors (Lipinski definition) is 3. The van der Waals surface area contributed by atoms with Gasteiger partial charge in [-0.15, -0.1) is 0 Å². The number of aryl methyl sites for hydroxylation is 1. The lowest BCUT2D eigenvalue weighted by Crippen LogP contribution is -2.25. The van der Waals surface area contributed by atoms with Gasteiger partial charge in [-0.3, -0.25) is 4.18 Å². The van der Waals surface area contributed by atoms with Gasteiger partial charge in [0.1, 0.15) is 5.82 Å². The fraction of sp³-hybridized carbons (Fsp3) is 0.455. The summed E-state index contributed by atoms with van der Waals surface area (Å²) in [6.45, 7) is 0. The lowest BCUT2D eigenvalue weighted by molar-refractivity contribution is 0.194. The van der Waals surface area contributed by atoms with E-state index in [0.29, 0.717) is 19.3 Å². The van der Waals surface area contributed by atoms with Crippen molar-refractivity contribution in [1.29, 1.82) is 0 Å². The van der Waals surface area contributed by atoms with Crippen molar-refractivity contribution in [2.75, 3.05) is 6.26 Å². The van der Waals surface area contributed by atoms with Crippen LogP contribution in [0, 0.1) is 5.82 Å². The van der Waals surface area contributed by atoms with Crippen molar-refractivity contribution in [2.45, 2.75) is 25.4 Å². The van der Waals surface area contributed by atoms with Crippen LogP contribution >= 0.6 is 0 Å². The first kappa shape index (κ1) is 11.5. The van der Waals surface area contributed by atoms with E-state index in [9.17, 15) is 12.8 Å². The molecule has 0 N–H and O–H groups in total. The van der Waals surface area contributed by atoms with Gasteiger partial charge in [0.05, 0.1) is 12.4 Å². The number of fused-ring (bicyclic) bond motifs is 1. The van der Waals surface area contributed by atoms with E-state index in [0.717, 1.165) is 17.4 Å². The standard InChI is InChI=1S/C11H13FO3S/c1-16(13,14)15-11-5-3-8-6-10(12)4-2-9(8)7-11/h2,4,6,11H,3,5,7H2,1H3. The summed E-state index contributed by atoms with van der Waals surface area (Å²) in [7, 11) is -3.41. The van der Waals surface area contributed by atoms with E-state index in [-0.39, 0.29) is 11.9 Å². The molecule has 1 aromatic carbocycles. The zero-order chi connectivity index (χ0) is 11.8. The molecule has 0 bridgehead atoms. The van der Waals surface area contributed by atoms with Crippen molar-refractivity contribution in [3.8, 4) is 0 Å². The first-order chi connectivity index (χ1) is 7.44. The van der Waals surface area contributed by atoms with Gasteiger partial charge in [-0.2, -0.15) is 8.42 Å². The zero-order valence-corrected chi connectivity index (χ0v) is 9.76. The third-order valence-electron chi connectivity index (χ3n) is 2.66. The summed E-state index contributed by atoms with van der Waals surface area (Å²) in [5.74, 6) is -0.249. The maximum atomic E-state index is 12.9. The lowest BCUT2D eigenvalue weighted by Gasteiger charge is -2.23. The summed E-state index contributed by atoms with van der Waals surface area (Å²) in [6.07, 6.45) is 2.54. The molecule has 1 unspecified atom stereocenters. The molecular formula is C11H13FO3S. The van der Waals surface area contributed by atoms with Gasteiger partial charge in [0.15, 0.2) is 0 Å². The zero-order valence-electron chi connectivity index (χ0n) is 8.94. The SMILES string of the molecule is CS(=O)(=O)OC1CCc2cc(F)ccc2C1. The molecular weight excluding hydrogens is 231 g/mol. The van der Waals surface area contributed by atoms with E-state index in [1.807, 2.05) is 0 Å². The van der Waals surface area contributed by atoms with E-state index in [1.54, 1.807) is 6.07 Å². The molecule has 0 heterocycles. The number of hydrogen-bond donors (Lipinski definition) is 0. The summed E-state index contributed by atoms with van der Waals surface area (Å²) in [5.41, 5.74) is 1.93. The topological polar surface area (TPSA) is 43.4 Å². The first-order valence-corrected chi connectivity index (χ1v) is 6.91. The van der Waals surface area contributed by atoms with E-state index in [1.165, 1.54) is 12.1 Å². The minimum atomic E-state index is -3.41. The van der Waals surface area contributed by atoms with E-state index >= 15 is 0 Å². The van der Waals surface area contributed by atoms with Gasteiger partial charge < -0.3 is 0 Å². The van der Waals surface area contributed by atoms with Crippen LogP contribution in [0.3, 0.4) is 0 Å². The molecule has 16 heavy (non-hydrogen) atoms. The van der Waals surface area contributed by atoms with Crippen molar-refractivity contribution < 1.29 is 17.0 Å². The first-order valence-electron chi connectivity index (χ1n) is 5.09. The highest BCUT2D eigenvalue weighted by atomic mass is 32.2. The predicted molar refractivity (Wildman–Crippen MR) is 58.1 cm³/mol. The average molecular weight is 244 g/mol. The van der Waals surface area contributed by atoms with Crippen LogP contribution in [0.5, 0.6) is 0 Å². The van der Waals surface area contributed by atoms with Crippen molar-refractivity contribution in [2.24, 2.45) is 0 Å². The Morgan fingerprint density at radius 3 is 2.81 bits per heavy atom. The molecule has 0 aromatic heterocycles. The summed E-state index contributed by atoms with van der Waals surface area (Å²) in [5, 5.41) is 0. The molecule has 0 aliphatic heterocycles. The summed E-state index contributed by atoms with van der Waals surface area (Å²) < 4.78 is 39.8. The lowest BCUT2D eigenvalue weighted by atomic mass is 9.90. The maximum absolute atomic E-state index is 12.9. The normalized spacial score (nSPS) is 20.5. The van der Waals surface area contributed by atoms with Gasteiger partial charge in [-0.05, 0) is 36.1 Å². The molecule has 1 aliphatic carbocycles. The van der Waals surface area contributed by atoms with Crippen molar-refractivity contribution in [3.05, 3.63) is 35.1 Å². The van der Waals surface area contributed by atoms with Crippen molar-refractivity contribution >= 4 is 10.1 Å². The highest BCUT2D eigenvalue weighted by Crippen LogP contribution is 2.24. The smallest absolute Gasteiger partial charge is 0.264 e. The Labute approximate surface area is 94.4 Å². The second kappa shape index (κ2) is 4.14. The fourth-order valence-electron chi connectivity index (χ4n) is 2.02. The van der Waals surface area contributed by atoms with Crippen LogP contribution in [0.4, 0.5) is 4.39 Å². The second-order valence-electron chi connectivity index (χ2n) is 4.08. The van der Waals surface area contributed by atoms with Gasteiger partial charge in [-0.1, -0.05) is 6.07 Å². The minimum absolute atomic E-state index is 0.249. The third-order valence-corrected chi connectivity index (χ3v) is 3.28. The van der Waals surface area contributed by atoms with Gasteiger partial charge in [0.2, 0.25) is 0 Å². The molecule has 1 aliphatic rings. The van der Waals surface area contributed by atoms with Gasteiger partial charge in [0.25, 0.3) is 10.1 Å². The van der Waals surface area contributed by atoms with Crippen molar-refractivity contribution in [1.82, 2.24) is 0 Å². The average Bonchev–Trinajstić information content (AvgIpc) is 2.16. The van der Waals surface area contributed by atoms with Gasteiger partial charge >= 0.3 is 0 Å². The Morgan fingerprint density at radius 1 is 1.38 bits per heavy atom. The molecule has 0 saturated heterocycles. The molecule has 0 spiro atoms. The molecule has 0 amide bonds. The van der Waals surface area contributed by atoms with Crippen LogP contribution in [0.2, 0.25) is 0 Å². The monoisotopic (exact) mass is 244 g/mol. The molecule has 2 rings (SSSR count). The highest BCUT2D eigenvalue weighted by Gasteiger charge is 2.22. The Bertz CT molecular complexity index is 496. The highest BCUT2D eigenvalue weighted by molar-refractivity contribution is 7.86. The molecule has 0 radical (unpaired) electrons. The Kier molecular flexibility index (Phi) is 2.99. The molecule has 1 atom stereocenters. The fourth-order valence-corrected chi connectivity index (χ4v) is 2.68. The largest absolute Gasteiger partial charge is 0.267 e. The predicted octanol–water partition coefficient (Wildman–Crippen LogP) is 1.66. The van der Waals surface area contributed by atoms with Gasteiger partial charge in [0, 0.05) is 6.42 Å². The quantitative estimate of drug-likeness (QED) is 0.743. The van der Waals surface area contributed by atoms with Crippen LogP contribution in [-0.4, -0.2) is 20.8 Å². The van der Waals surface area contributed by atoms with E-state index < -0.39 is 10.1 Å².